The number of aromatic amines is 1. The highest BCUT2D eigenvalue weighted by Gasteiger charge is 2.25. The lowest BCUT2D eigenvalue weighted by Crippen LogP contribution is -2.35. The summed E-state index contributed by atoms with van der Waals surface area (Å²) in [6, 6.07) is 5.06. The van der Waals surface area contributed by atoms with Crippen molar-refractivity contribution in [1.29, 1.82) is 0 Å². The SMILES string of the molecule is Nc1ccc2nc(SCC(=O)N3CCNC3=O)[nH]c2c1. The second kappa shape index (κ2) is 5.04. The van der Waals surface area contributed by atoms with E-state index in [2.05, 4.69) is 15.3 Å². The van der Waals surface area contributed by atoms with Gasteiger partial charge in [-0.15, -0.1) is 0 Å². The van der Waals surface area contributed by atoms with Crippen LogP contribution in [0.1, 0.15) is 0 Å². The second-order valence-corrected chi connectivity index (χ2v) is 5.35. The minimum absolute atomic E-state index is 0.169. The number of carbonyl (C=O) groups excluding carboxylic acids is 2. The maximum atomic E-state index is 11.9. The number of hydrogen-bond donors (Lipinski definition) is 3. The van der Waals surface area contributed by atoms with Gasteiger partial charge in [-0.3, -0.25) is 9.69 Å². The van der Waals surface area contributed by atoms with Crippen LogP contribution in [0.15, 0.2) is 23.4 Å². The summed E-state index contributed by atoms with van der Waals surface area (Å²) in [6.45, 7) is 0.939. The summed E-state index contributed by atoms with van der Waals surface area (Å²) < 4.78 is 0. The van der Waals surface area contributed by atoms with Gasteiger partial charge in [0.2, 0.25) is 5.91 Å². The largest absolute Gasteiger partial charge is 0.399 e. The molecule has 0 spiro atoms. The van der Waals surface area contributed by atoms with E-state index in [0.717, 1.165) is 11.0 Å². The van der Waals surface area contributed by atoms with Crippen molar-refractivity contribution in [2.75, 3.05) is 24.6 Å². The number of imide groups is 1. The molecular formula is C12H13N5O2S. The molecule has 2 heterocycles. The van der Waals surface area contributed by atoms with Gasteiger partial charge in [0.25, 0.3) is 0 Å². The van der Waals surface area contributed by atoms with E-state index < -0.39 is 0 Å². The molecule has 8 heteroatoms. The molecule has 0 radical (unpaired) electrons. The lowest BCUT2D eigenvalue weighted by atomic mass is 10.3. The van der Waals surface area contributed by atoms with E-state index in [1.165, 1.54) is 16.7 Å². The number of carbonyl (C=O) groups is 2. The number of anilines is 1. The van der Waals surface area contributed by atoms with E-state index in [9.17, 15) is 9.59 Å². The first-order valence-corrected chi connectivity index (χ1v) is 7.08. The van der Waals surface area contributed by atoms with E-state index in [0.29, 0.717) is 23.9 Å². The van der Waals surface area contributed by atoms with Crippen molar-refractivity contribution in [3.63, 3.8) is 0 Å². The summed E-state index contributed by atoms with van der Waals surface area (Å²) in [6.07, 6.45) is 0. The van der Waals surface area contributed by atoms with Crippen molar-refractivity contribution in [1.82, 2.24) is 20.2 Å². The number of aromatic nitrogens is 2. The number of nitrogens with one attached hydrogen (secondary N) is 2. The van der Waals surface area contributed by atoms with Gasteiger partial charge in [-0.05, 0) is 18.2 Å². The molecule has 3 rings (SSSR count). The van der Waals surface area contributed by atoms with Gasteiger partial charge in [-0.2, -0.15) is 0 Å². The van der Waals surface area contributed by atoms with Crippen LogP contribution < -0.4 is 11.1 Å². The Morgan fingerprint density at radius 2 is 2.35 bits per heavy atom. The zero-order valence-electron chi connectivity index (χ0n) is 10.5. The fourth-order valence-electron chi connectivity index (χ4n) is 1.99. The number of urea groups is 1. The van der Waals surface area contributed by atoms with Crippen molar-refractivity contribution < 1.29 is 9.59 Å². The molecule has 104 valence electrons. The highest BCUT2D eigenvalue weighted by atomic mass is 32.2. The number of nitrogen functional groups attached to an aromatic ring is 1. The van der Waals surface area contributed by atoms with E-state index in [1.54, 1.807) is 12.1 Å². The van der Waals surface area contributed by atoms with E-state index in [1.807, 2.05) is 6.07 Å². The Bertz CT molecular complexity index is 684. The van der Waals surface area contributed by atoms with Crippen LogP contribution in [0.3, 0.4) is 0 Å². The molecule has 0 bridgehead atoms. The third-order valence-electron chi connectivity index (χ3n) is 2.97. The van der Waals surface area contributed by atoms with Gasteiger partial charge in [0.05, 0.1) is 16.8 Å². The molecule has 1 aliphatic heterocycles. The lowest BCUT2D eigenvalue weighted by Gasteiger charge is -2.10. The van der Waals surface area contributed by atoms with E-state index >= 15 is 0 Å². The fourth-order valence-corrected chi connectivity index (χ4v) is 2.75. The average Bonchev–Trinajstić information content (AvgIpc) is 3.01. The van der Waals surface area contributed by atoms with Gasteiger partial charge < -0.3 is 16.0 Å². The van der Waals surface area contributed by atoms with Gasteiger partial charge in [0, 0.05) is 18.8 Å². The molecule has 7 nitrogen and oxygen atoms in total. The number of hydrogen-bond acceptors (Lipinski definition) is 5. The number of rotatable bonds is 3. The predicted molar refractivity (Wildman–Crippen MR) is 76.3 cm³/mol. The number of thioether (sulfide) groups is 1. The molecule has 2 aromatic rings. The Hall–Kier alpha value is -2.22. The van der Waals surface area contributed by atoms with Crippen molar-refractivity contribution in [3.8, 4) is 0 Å². The molecule has 1 saturated heterocycles. The summed E-state index contributed by atoms with van der Waals surface area (Å²) in [7, 11) is 0. The van der Waals surface area contributed by atoms with E-state index in [4.69, 9.17) is 5.73 Å². The van der Waals surface area contributed by atoms with Gasteiger partial charge in [0.15, 0.2) is 5.16 Å². The summed E-state index contributed by atoms with van der Waals surface area (Å²) in [5.74, 6) is -0.0483. The third kappa shape index (κ3) is 2.42. The monoisotopic (exact) mass is 291 g/mol. The van der Waals surface area contributed by atoms with Crippen molar-refractivity contribution in [2.45, 2.75) is 5.16 Å². The Labute approximate surface area is 118 Å². The summed E-state index contributed by atoms with van der Waals surface area (Å²) >= 11 is 1.27. The maximum absolute atomic E-state index is 11.9. The van der Waals surface area contributed by atoms with Crippen molar-refractivity contribution >= 4 is 40.4 Å². The molecule has 3 amide bonds. The Morgan fingerprint density at radius 3 is 3.10 bits per heavy atom. The highest BCUT2D eigenvalue weighted by molar-refractivity contribution is 7.99. The first-order valence-electron chi connectivity index (χ1n) is 6.10. The number of amides is 3. The van der Waals surface area contributed by atoms with Crippen molar-refractivity contribution in [2.24, 2.45) is 0 Å². The summed E-state index contributed by atoms with van der Waals surface area (Å²) in [5, 5.41) is 3.23. The van der Waals surface area contributed by atoms with Crippen LogP contribution in [0.2, 0.25) is 0 Å². The molecule has 1 aliphatic rings. The molecule has 4 N–H and O–H groups in total. The molecule has 1 fully saturated rings. The van der Waals surface area contributed by atoms with E-state index in [-0.39, 0.29) is 17.7 Å². The molecule has 0 saturated carbocycles. The molecule has 20 heavy (non-hydrogen) atoms. The Morgan fingerprint density at radius 1 is 1.50 bits per heavy atom. The van der Waals surface area contributed by atoms with Gasteiger partial charge in [-0.1, -0.05) is 11.8 Å². The molecule has 1 aromatic carbocycles. The standard InChI is InChI=1S/C12H13N5O2S/c13-7-1-2-8-9(5-7)16-11(15-8)20-6-10(18)17-4-3-14-12(17)19/h1-2,5H,3-4,6,13H2,(H,14,19)(H,15,16). The third-order valence-corrected chi connectivity index (χ3v) is 3.83. The van der Waals surface area contributed by atoms with Crippen LogP contribution in [-0.4, -0.2) is 45.6 Å². The van der Waals surface area contributed by atoms with Crippen LogP contribution >= 0.6 is 11.8 Å². The van der Waals surface area contributed by atoms with Crippen LogP contribution in [0, 0.1) is 0 Å². The van der Waals surface area contributed by atoms with Gasteiger partial charge in [-0.25, -0.2) is 9.78 Å². The molecule has 0 atom stereocenters. The minimum Gasteiger partial charge on any atom is -0.399 e. The van der Waals surface area contributed by atoms with Gasteiger partial charge in [0.1, 0.15) is 0 Å². The number of H-pyrrole nitrogens is 1. The predicted octanol–water partition coefficient (Wildman–Crippen LogP) is 0.789. The smallest absolute Gasteiger partial charge is 0.324 e. The van der Waals surface area contributed by atoms with Crippen LogP contribution in [-0.2, 0) is 4.79 Å². The molecule has 1 aromatic heterocycles. The first kappa shape index (κ1) is 12.8. The molecule has 0 aliphatic carbocycles. The zero-order chi connectivity index (χ0) is 14.1. The molecule has 0 unspecified atom stereocenters. The molecular weight excluding hydrogens is 278 g/mol. The van der Waals surface area contributed by atoms with Crippen molar-refractivity contribution in [3.05, 3.63) is 18.2 Å². The zero-order valence-corrected chi connectivity index (χ0v) is 11.4. The number of benzene rings is 1. The summed E-state index contributed by atoms with van der Waals surface area (Å²) in [5.41, 5.74) is 7.98. The average molecular weight is 291 g/mol. The fraction of sp³-hybridized carbons (Fsp3) is 0.250. The topological polar surface area (TPSA) is 104 Å². The second-order valence-electron chi connectivity index (χ2n) is 4.38. The Balaban J connectivity index is 1.67. The number of nitrogens with two attached hydrogens (primary N) is 1. The number of imidazole rings is 1. The summed E-state index contributed by atoms with van der Waals surface area (Å²) in [4.78, 5) is 31.9. The van der Waals surface area contributed by atoms with Gasteiger partial charge >= 0.3 is 6.03 Å². The quantitative estimate of drug-likeness (QED) is 0.573. The lowest BCUT2D eigenvalue weighted by molar-refractivity contribution is -0.124. The van der Waals surface area contributed by atoms with Crippen LogP contribution in [0.25, 0.3) is 11.0 Å². The number of nitrogens with zero attached hydrogens (tertiary/aromatic N) is 2. The Kier molecular flexibility index (Phi) is 3.23. The highest BCUT2D eigenvalue weighted by Crippen LogP contribution is 2.21. The normalized spacial score (nSPS) is 14.8. The number of fused-ring (bicyclic) bond motifs is 1. The minimum atomic E-state index is -0.326. The van der Waals surface area contributed by atoms with Crippen LogP contribution in [0.4, 0.5) is 10.5 Å². The van der Waals surface area contributed by atoms with Crippen LogP contribution in [0.5, 0.6) is 0 Å². The first-order chi connectivity index (χ1) is 9.63. The maximum Gasteiger partial charge on any atom is 0.324 e.